The summed E-state index contributed by atoms with van der Waals surface area (Å²) in [6.07, 6.45) is 3.76. The smallest absolute Gasteiger partial charge is 0.305 e. The molecule has 180 valence electrons. The van der Waals surface area contributed by atoms with Gasteiger partial charge in [0.25, 0.3) is 11.5 Å². The lowest BCUT2D eigenvalue weighted by Crippen LogP contribution is -2.41. The van der Waals surface area contributed by atoms with Crippen LogP contribution in [0.4, 0.5) is 0 Å². The zero-order valence-corrected chi connectivity index (χ0v) is 19.9. The van der Waals surface area contributed by atoms with Crippen LogP contribution in [0.5, 0.6) is 5.75 Å². The van der Waals surface area contributed by atoms with Crippen LogP contribution in [-0.4, -0.2) is 21.4 Å². The van der Waals surface area contributed by atoms with Gasteiger partial charge in [0.05, 0.1) is 10.3 Å². The van der Waals surface area contributed by atoms with Gasteiger partial charge in [0.2, 0.25) is 0 Å². The summed E-state index contributed by atoms with van der Waals surface area (Å²) >= 11 is 1.15. The molecule has 1 aliphatic rings. The molecule has 0 fully saturated rings. The number of aromatic nitrogens is 2. The van der Waals surface area contributed by atoms with Gasteiger partial charge in [-0.3, -0.25) is 29.8 Å². The molecule has 0 atom stereocenters. The number of fused-ring (bicyclic) bond motifs is 2. The number of ether oxygens (including phenoxy) is 1. The number of hydrogen-bond acceptors (Lipinski definition) is 7. The molecule has 0 bridgehead atoms. The Bertz CT molecular complexity index is 1450. The molecule has 10 heteroatoms. The maximum absolute atomic E-state index is 13.1. The summed E-state index contributed by atoms with van der Waals surface area (Å²) in [5, 5.41) is 0.464. The Morgan fingerprint density at radius 2 is 1.89 bits per heavy atom. The minimum atomic E-state index is -0.604. The fourth-order valence-electron chi connectivity index (χ4n) is 4.11. The number of furan rings is 1. The molecule has 0 spiro atoms. The molecule has 0 aliphatic carbocycles. The zero-order valence-electron chi connectivity index (χ0n) is 19.1. The molecule has 2 amide bonds. The van der Waals surface area contributed by atoms with Crippen molar-refractivity contribution in [3.63, 3.8) is 0 Å². The first-order valence-corrected chi connectivity index (χ1v) is 12.2. The quantitative estimate of drug-likeness (QED) is 0.410. The van der Waals surface area contributed by atoms with Crippen molar-refractivity contribution in [3.05, 3.63) is 80.6 Å². The summed E-state index contributed by atoms with van der Waals surface area (Å²) in [4.78, 5) is 43.9. The molecule has 0 unspecified atom stereocenters. The van der Waals surface area contributed by atoms with E-state index in [0.29, 0.717) is 38.7 Å². The predicted octanol–water partition coefficient (Wildman–Crippen LogP) is 3.74. The summed E-state index contributed by atoms with van der Waals surface area (Å²) in [6, 6.07) is 12.4. The number of benzene rings is 1. The molecule has 0 saturated heterocycles. The van der Waals surface area contributed by atoms with E-state index in [2.05, 4.69) is 15.8 Å². The Balaban J connectivity index is 1.25. The molecule has 0 radical (unpaired) electrons. The monoisotopic (exact) mass is 492 g/mol. The van der Waals surface area contributed by atoms with Crippen LogP contribution in [0.25, 0.3) is 10.2 Å². The fourth-order valence-corrected chi connectivity index (χ4v) is 5.19. The van der Waals surface area contributed by atoms with E-state index >= 15 is 0 Å². The molecular weight excluding hydrogens is 468 g/mol. The third kappa shape index (κ3) is 4.69. The lowest BCUT2D eigenvalue weighted by molar-refractivity contribution is 0.0830. The molecule has 0 saturated carbocycles. The Morgan fingerprint density at radius 3 is 2.71 bits per heavy atom. The molecule has 5 rings (SSSR count). The van der Waals surface area contributed by atoms with Gasteiger partial charge in [-0.2, -0.15) is 0 Å². The number of carbonyl (C=O) groups excluding carboxylic acids is 2. The average molecular weight is 493 g/mol. The van der Waals surface area contributed by atoms with Crippen molar-refractivity contribution in [2.45, 2.75) is 45.8 Å². The van der Waals surface area contributed by atoms with Gasteiger partial charge in [-0.25, -0.2) is 4.98 Å². The molecule has 3 aromatic heterocycles. The normalized spacial score (nSPS) is 13.2. The fraction of sp³-hybridized carbons (Fsp3) is 0.280. The molecule has 2 N–H and O–H groups in total. The number of hydrazine groups is 1. The van der Waals surface area contributed by atoms with Crippen LogP contribution in [0.15, 0.2) is 51.7 Å². The molecule has 4 heterocycles. The lowest BCUT2D eigenvalue weighted by atomic mass is 10.2. The minimum absolute atomic E-state index is 0.0358. The molecular formula is C25H24N4O5S. The standard InChI is InChI=1S/C25H24N4O5S/c1-15-20-24(26-19-10-6-3-7-13-29(19)25(20)32)35-21(15)23(31)28-27-22(30)18-12-11-17(34-18)14-33-16-8-4-2-5-9-16/h2,4-5,8-9,11-12H,3,6-7,10,13-14H2,1H3,(H,27,30)(H,28,31). The SMILES string of the molecule is Cc1c(C(=O)NNC(=O)c2ccc(COc3ccccc3)o2)sc2nc3n(c(=O)c12)CCCCC3. The number of nitrogens with zero attached hydrogens (tertiary/aromatic N) is 2. The van der Waals surface area contributed by atoms with Crippen LogP contribution in [0.1, 0.15) is 56.6 Å². The van der Waals surface area contributed by atoms with E-state index in [1.165, 1.54) is 6.07 Å². The van der Waals surface area contributed by atoms with Gasteiger partial charge in [0, 0.05) is 13.0 Å². The Kier molecular flexibility index (Phi) is 6.37. The topological polar surface area (TPSA) is 115 Å². The van der Waals surface area contributed by atoms with Crippen LogP contribution >= 0.6 is 11.3 Å². The Morgan fingerprint density at radius 1 is 1.09 bits per heavy atom. The molecule has 1 aliphatic heterocycles. The summed E-state index contributed by atoms with van der Waals surface area (Å²) in [7, 11) is 0. The van der Waals surface area contributed by atoms with Gasteiger partial charge in [-0.05, 0) is 49.6 Å². The van der Waals surface area contributed by atoms with Crippen molar-refractivity contribution in [3.8, 4) is 5.75 Å². The number of rotatable bonds is 5. The number of amides is 2. The highest BCUT2D eigenvalue weighted by Crippen LogP contribution is 2.28. The number of para-hydroxylation sites is 1. The Labute approximate surface area is 204 Å². The first-order valence-electron chi connectivity index (χ1n) is 11.4. The number of hydrogen-bond donors (Lipinski definition) is 2. The third-order valence-electron chi connectivity index (χ3n) is 5.92. The zero-order chi connectivity index (χ0) is 24.4. The maximum Gasteiger partial charge on any atom is 0.305 e. The second-order valence-electron chi connectivity index (χ2n) is 8.31. The van der Waals surface area contributed by atoms with E-state index in [-0.39, 0.29) is 17.9 Å². The molecule has 4 aromatic rings. The molecule has 9 nitrogen and oxygen atoms in total. The third-order valence-corrected chi connectivity index (χ3v) is 7.10. The van der Waals surface area contributed by atoms with Gasteiger partial charge < -0.3 is 9.15 Å². The van der Waals surface area contributed by atoms with Gasteiger partial charge in [-0.15, -0.1) is 11.3 Å². The number of aryl methyl sites for hydroxylation is 2. The van der Waals surface area contributed by atoms with Crippen LogP contribution in [-0.2, 0) is 19.6 Å². The summed E-state index contributed by atoms with van der Waals surface area (Å²) in [6.45, 7) is 2.54. The van der Waals surface area contributed by atoms with Crippen molar-refractivity contribution in [2.75, 3.05) is 0 Å². The molecule has 35 heavy (non-hydrogen) atoms. The highest BCUT2D eigenvalue weighted by atomic mass is 32.1. The van der Waals surface area contributed by atoms with E-state index in [1.807, 2.05) is 30.3 Å². The molecule has 1 aromatic carbocycles. The highest BCUT2D eigenvalue weighted by Gasteiger charge is 2.23. The van der Waals surface area contributed by atoms with Crippen molar-refractivity contribution in [2.24, 2.45) is 0 Å². The Hall–Kier alpha value is -3.92. The first kappa shape index (κ1) is 22.9. The minimum Gasteiger partial charge on any atom is -0.486 e. The van der Waals surface area contributed by atoms with E-state index in [9.17, 15) is 14.4 Å². The van der Waals surface area contributed by atoms with E-state index in [1.54, 1.807) is 17.6 Å². The van der Waals surface area contributed by atoms with Crippen molar-refractivity contribution >= 4 is 33.4 Å². The second-order valence-corrected chi connectivity index (χ2v) is 9.31. The van der Waals surface area contributed by atoms with Gasteiger partial charge >= 0.3 is 5.91 Å². The van der Waals surface area contributed by atoms with Crippen LogP contribution < -0.4 is 21.1 Å². The highest BCUT2D eigenvalue weighted by molar-refractivity contribution is 7.20. The summed E-state index contributed by atoms with van der Waals surface area (Å²) < 4.78 is 12.9. The summed E-state index contributed by atoms with van der Waals surface area (Å²) in [5.41, 5.74) is 5.23. The van der Waals surface area contributed by atoms with E-state index in [4.69, 9.17) is 9.15 Å². The number of thiophene rings is 1. The first-order chi connectivity index (χ1) is 17.0. The van der Waals surface area contributed by atoms with Crippen LogP contribution in [0, 0.1) is 6.92 Å². The van der Waals surface area contributed by atoms with Crippen molar-refractivity contribution < 1.29 is 18.7 Å². The summed E-state index contributed by atoms with van der Waals surface area (Å²) in [5.74, 6) is 0.842. The maximum atomic E-state index is 13.1. The van der Waals surface area contributed by atoms with Crippen LogP contribution in [0.3, 0.4) is 0 Å². The van der Waals surface area contributed by atoms with Crippen molar-refractivity contribution in [1.29, 1.82) is 0 Å². The second kappa shape index (κ2) is 9.75. The van der Waals surface area contributed by atoms with E-state index < -0.39 is 11.8 Å². The van der Waals surface area contributed by atoms with Crippen LogP contribution in [0.2, 0.25) is 0 Å². The van der Waals surface area contributed by atoms with E-state index in [0.717, 1.165) is 42.8 Å². The largest absolute Gasteiger partial charge is 0.486 e. The number of carbonyl (C=O) groups is 2. The van der Waals surface area contributed by atoms with Gasteiger partial charge in [0.1, 0.15) is 28.8 Å². The van der Waals surface area contributed by atoms with Crippen molar-refractivity contribution in [1.82, 2.24) is 20.4 Å². The van der Waals surface area contributed by atoms with Gasteiger partial charge in [-0.1, -0.05) is 24.6 Å². The lowest BCUT2D eigenvalue weighted by Gasteiger charge is -2.08. The average Bonchev–Trinajstić information content (AvgIpc) is 3.39. The number of nitrogens with one attached hydrogen (secondary N) is 2. The predicted molar refractivity (Wildman–Crippen MR) is 131 cm³/mol. The van der Waals surface area contributed by atoms with Gasteiger partial charge in [0.15, 0.2) is 5.76 Å².